The maximum atomic E-state index is 3.65. The minimum Gasteiger partial charge on any atom is -0.317 e. The van der Waals surface area contributed by atoms with Crippen molar-refractivity contribution in [3.63, 3.8) is 0 Å². The van der Waals surface area contributed by atoms with E-state index in [1.165, 1.54) is 57.9 Å². The summed E-state index contributed by atoms with van der Waals surface area (Å²) in [4.78, 5) is 0. The first-order chi connectivity index (χ1) is 10.2. The Kier molecular flexibility index (Phi) is 7.05. The SMILES string of the molecule is CCCC1CCC(CNCC)C(C2CCC(C)C(C)C2)C1. The zero-order chi connectivity index (χ0) is 15.2. The van der Waals surface area contributed by atoms with E-state index in [0.717, 1.165) is 42.1 Å². The van der Waals surface area contributed by atoms with Crippen LogP contribution >= 0.6 is 0 Å². The van der Waals surface area contributed by atoms with Gasteiger partial charge in [-0.2, -0.15) is 0 Å². The first kappa shape index (κ1) is 17.3. The second kappa shape index (κ2) is 8.56. The molecule has 0 radical (unpaired) electrons. The molecule has 0 aromatic heterocycles. The fraction of sp³-hybridized carbons (Fsp3) is 1.00. The Labute approximate surface area is 133 Å². The lowest BCUT2D eigenvalue weighted by molar-refractivity contribution is 0.0645. The van der Waals surface area contributed by atoms with E-state index in [0.29, 0.717) is 0 Å². The summed E-state index contributed by atoms with van der Waals surface area (Å²) >= 11 is 0. The minimum absolute atomic E-state index is 0.954. The summed E-state index contributed by atoms with van der Waals surface area (Å²) in [6, 6.07) is 0. The molecule has 2 aliphatic carbocycles. The van der Waals surface area contributed by atoms with Crippen molar-refractivity contribution in [2.45, 2.75) is 79.1 Å². The highest BCUT2D eigenvalue weighted by atomic mass is 14.8. The Hall–Kier alpha value is -0.0400. The molecule has 2 fully saturated rings. The fourth-order valence-electron chi connectivity index (χ4n) is 5.17. The molecule has 0 aromatic rings. The summed E-state index contributed by atoms with van der Waals surface area (Å²) in [5, 5.41) is 3.65. The maximum absolute atomic E-state index is 3.65. The molecule has 1 heteroatoms. The molecule has 0 saturated heterocycles. The number of hydrogen-bond acceptors (Lipinski definition) is 1. The van der Waals surface area contributed by atoms with Crippen LogP contribution in [0.2, 0.25) is 0 Å². The van der Waals surface area contributed by atoms with Gasteiger partial charge in [-0.25, -0.2) is 0 Å². The minimum atomic E-state index is 0.954. The fourth-order valence-corrected chi connectivity index (χ4v) is 5.17. The van der Waals surface area contributed by atoms with Crippen LogP contribution in [0.4, 0.5) is 0 Å². The average Bonchev–Trinajstić information content (AvgIpc) is 2.49. The van der Waals surface area contributed by atoms with Crippen molar-refractivity contribution in [1.29, 1.82) is 0 Å². The zero-order valence-corrected chi connectivity index (χ0v) is 15.0. The van der Waals surface area contributed by atoms with Gasteiger partial charge >= 0.3 is 0 Å². The van der Waals surface area contributed by atoms with Crippen LogP contribution in [0.25, 0.3) is 0 Å². The van der Waals surface area contributed by atoms with Gasteiger partial charge < -0.3 is 5.32 Å². The van der Waals surface area contributed by atoms with E-state index in [1.807, 2.05) is 0 Å². The van der Waals surface area contributed by atoms with Gasteiger partial charge in [0.05, 0.1) is 0 Å². The van der Waals surface area contributed by atoms with Crippen LogP contribution in [-0.4, -0.2) is 13.1 Å². The van der Waals surface area contributed by atoms with Crippen LogP contribution in [0.15, 0.2) is 0 Å². The van der Waals surface area contributed by atoms with E-state index < -0.39 is 0 Å². The quantitative estimate of drug-likeness (QED) is 0.681. The highest BCUT2D eigenvalue weighted by Crippen LogP contribution is 2.46. The summed E-state index contributed by atoms with van der Waals surface area (Å²) in [5.41, 5.74) is 0. The van der Waals surface area contributed by atoms with Gasteiger partial charge in [-0.15, -0.1) is 0 Å². The van der Waals surface area contributed by atoms with Crippen LogP contribution < -0.4 is 5.32 Å². The summed E-state index contributed by atoms with van der Waals surface area (Å²) in [6.07, 6.45) is 11.9. The Morgan fingerprint density at radius 3 is 2.38 bits per heavy atom. The molecule has 0 aromatic carbocycles. The highest BCUT2D eigenvalue weighted by molar-refractivity contribution is 4.88. The lowest BCUT2D eigenvalue weighted by Gasteiger charge is -2.44. The lowest BCUT2D eigenvalue weighted by Crippen LogP contribution is -2.39. The molecule has 6 unspecified atom stereocenters. The van der Waals surface area contributed by atoms with Crippen molar-refractivity contribution in [3.8, 4) is 0 Å². The van der Waals surface area contributed by atoms with Crippen molar-refractivity contribution >= 4 is 0 Å². The predicted molar refractivity (Wildman–Crippen MR) is 93.4 cm³/mol. The third kappa shape index (κ3) is 4.71. The molecular formula is C20H39N. The molecule has 1 nitrogen and oxygen atoms in total. The average molecular weight is 294 g/mol. The van der Waals surface area contributed by atoms with E-state index in [9.17, 15) is 0 Å². The molecule has 124 valence electrons. The van der Waals surface area contributed by atoms with Crippen molar-refractivity contribution in [3.05, 3.63) is 0 Å². The van der Waals surface area contributed by atoms with Crippen LogP contribution in [0.3, 0.4) is 0 Å². The predicted octanol–water partition coefficient (Wildman–Crippen LogP) is 5.50. The van der Waals surface area contributed by atoms with Crippen molar-refractivity contribution in [2.75, 3.05) is 13.1 Å². The molecule has 1 N–H and O–H groups in total. The van der Waals surface area contributed by atoms with Crippen molar-refractivity contribution in [2.24, 2.45) is 35.5 Å². The van der Waals surface area contributed by atoms with Crippen molar-refractivity contribution in [1.82, 2.24) is 5.32 Å². The highest BCUT2D eigenvalue weighted by Gasteiger charge is 2.37. The third-order valence-corrected chi connectivity index (χ3v) is 6.75. The van der Waals surface area contributed by atoms with Gasteiger partial charge in [0.1, 0.15) is 0 Å². The summed E-state index contributed by atoms with van der Waals surface area (Å²) < 4.78 is 0. The van der Waals surface area contributed by atoms with Gasteiger partial charge in [-0.1, -0.05) is 53.4 Å². The molecule has 0 amide bonds. The first-order valence-electron chi connectivity index (χ1n) is 9.86. The van der Waals surface area contributed by atoms with E-state index >= 15 is 0 Å². The molecule has 0 bridgehead atoms. The molecule has 2 aliphatic rings. The molecule has 6 atom stereocenters. The summed E-state index contributed by atoms with van der Waals surface area (Å²) in [6.45, 7) is 12.0. The first-order valence-corrected chi connectivity index (χ1v) is 9.86. The standard InChI is InChI=1S/C20H39N/c1-5-7-17-9-11-19(14-21-6-2)20(13-17)18-10-8-15(3)16(4)12-18/h15-21H,5-14H2,1-4H3. The molecule has 0 aliphatic heterocycles. The van der Waals surface area contributed by atoms with Gasteiger partial charge in [-0.3, -0.25) is 0 Å². The Balaban J connectivity index is 1.98. The number of rotatable bonds is 6. The third-order valence-electron chi connectivity index (χ3n) is 6.75. The molecule has 21 heavy (non-hydrogen) atoms. The second-order valence-electron chi connectivity index (χ2n) is 8.23. The molecule has 2 saturated carbocycles. The van der Waals surface area contributed by atoms with Crippen LogP contribution in [0.1, 0.15) is 79.1 Å². The Morgan fingerprint density at radius 2 is 1.71 bits per heavy atom. The summed E-state index contributed by atoms with van der Waals surface area (Å²) in [5.74, 6) is 5.96. The van der Waals surface area contributed by atoms with Crippen LogP contribution in [-0.2, 0) is 0 Å². The van der Waals surface area contributed by atoms with E-state index in [4.69, 9.17) is 0 Å². The largest absolute Gasteiger partial charge is 0.317 e. The van der Waals surface area contributed by atoms with Gasteiger partial charge in [-0.05, 0) is 74.3 Å². The molecular weight excluding hydrogens is 254 g/mol. The van der Waals surface area contributed by atoms with Gasteiger partial charge in [0, 0.05) is 0 Å². The normalized spacial score (nSPS) is 41.1. The second-order valence-corrected chi connectivity index (χ2v) is 8.23. The molecule has 0 heterocycles. The Bertz CT molecular complexity index is 288. The number of nitrogens with one attached hydrogen (secondary N) is 1. The van der Waals surface area contributed by atoms with Gasteiger partial charge in [0.25, 0.3) is 0 Å². The molecule has 2 rings (SSSR count). The van der Waals surface area contributed by atoms with E-state index in [-0.39, 0.29) is 0 Å². The zero-order valence-electron chi connectivity index (χ0n) is 15.0. The van der Waals surface area contributed by atoms with Crippen LogP contribution in [0, 0.1) is 35.5 Å². The van der Waals surface area contributed by atoms with Crippen LogP contribution in [0.5, 0.6) is 0 Å². The van der Waals surface area contributed by atoms with Gasteiger partial charge in [0.2, 0.25) is 0 Å². The summed E-state index contributed by atoms with van der Waals surface area (Å²) in [7, 11) is 0. The van der Waals surface area contributed by atoms with Gasteiger partial charge in [0.15, 0.2) is 0 Å². The monoisotopic (exact) mass is 293 g/mol. The van der Waals surface area contributed by atoms with Crippen molar-refractivity contribution < 1.29 is 0 Å². The number of hydrogen-bond donors (Lipinski definition) is 1. The topological polar surface area (TPSA) is 12.0 Å². The lowest BCUT2D eigenvalue weighted by atomic mass is 9.62. The van der Waals surface area contributed by atoms with E-state index in [2.05, 4.69) is 33.0 Å². The maximum Gasteiger partial charge on any atom is -0.00179 e. The Morgan fingerprint density at radius 1 is 0.905 bits per heavy atom. The van der Waals surface area contributed by atoms with E-state index in [1.54, 1.807) is 0 Å². The molecule has 0 spiro atoms. The smallest absolute Gasteiger partial charge is 0.00179 e.